The van der Waals surface area contributed by atoms with Crippen LogP contribution in [0.25, 0.3) is 0 Å². The van der Waals surface area contributed by atoms with E-state index < -0.39 is 0 Å². The van der Waals surface area contributed by atoms with Crippen molar-refractivity contribution in [1.29, 1.82) is 0 Å². The quantitative estimate of drug-likeness (QED) is 0.841. The highest BCUT2D eigenvalue weighted by Gasteiger charge is 2.29. The van der Waals surface area contributed by atoms with Crippen molar-refractivity contribution in [2.75, 3.05) is 20.3 Å². The molecule has 1 aliphatic heterocycles. The zero-order valence-corrected chi connectivity index (χ0v) is 11.5. The van der Waals surface area contributed by atoms with E-state index in [4.69, 9.17) is 9.47 Å². The van der Waals surface area contributed by atoms with Crippen LogP contribution in [0.4, 0.5) is 4.79 Å². The Bertz CT molecular complexity index is 407. The van der Waals surface area contributed by atoms with Gasteiger partial charge in [-0.05, 0) is 25.3 Å². The third kappa shape index (κ3) is 3.70. The SMILES string of the molecule is COC(=O)N1CC(CCc2ccccc2)OCC1C. The molecule has 1 aromatic rings. The molecule has 2 atom stereocenters. The second-order valence-electron chi connectivity index (χ2n) is 4.95. The fraction of sp³-hybridized carbons (Fsp3) is 0.533. The second-order valence-corrected chi connectivity index (χ2v) is 4.95. The first-order chi connectivity index (χ1) is 9.20. The highest BCUT2D eigenvalue weighted by atomic mass is 16.5. The molecule has 1 aromatic carbocycles. The number of hydrogen-bond donors (Lipinski definition) is 0. The van der Waals surface area contributed by atoms with E-state index in [2.05, 4.69) is 12.1 Å². The number of methoxy groups -OCH3 is 1. The molecule has 0 bridgehead atoms. The van der Waals surface area contributed by atoms with E-state index in [1.165, 1.54) is 12.7 Å². The van der Waals surface area contributed by atoms with Crippen LogP contribution in [0.3, 0.4) is 0 Å². The third-order valence-corrected chi connectivity index (χ3v) is 3.51. The molecule has 1 amide bonds. The molecule has 1 fully saturated rings. The summed E-state index contributed by atoms with van der Waals surface area (Å²) in [4.78, 5) is 13.4. The van der Waals surface area contributed by atoms with Crippen LogP contribution < -0.4 is 0 Å². The molecule has 4 nitrogen and oxygen atoms in total. The van der Waals surface area contributed by atoms with Crippen molar-refractivity contribution in [2.45, 2.75) is 31.9 Å². The molecule has 0 saturated carbocycles. The lowest BCUT2D eigenvalue weighted by Crippen LogP contribution is -2.51. The molecule has 0 aliphatic carbocycles. The molecule has 0 radical (unpaired) electrons. The summed E-state index contributed by atoms with van der Waals surface area (Å²) in [6.45, 7) is 3.17. The van der Waals surface area contributed by atoms with Crippen LogP contribution in [-0.4, -0.2) is 43.4 Å². The minimum Gasteiger partial charge on any atom is -0.453 e. The highest BCUT2D eigenvalue weighted by Crippen LogP contribution is 2.17. The lowest BCUT2D eigenvalue weighted by atomic mass is 10.1. The predicted octanol–water partition coefficient (Wildman–Crippen LogP) is 2.47. The van der Waals surface area contributed by atoms with E-state index in [1.54, 1.807) is 4.90 Å². The molecule has 19 heavy (non-hydrogen) atoms. The van der Waals surface area contributed by atoms with Gasteiger partial charge in [0.05, 0.1) is 32.4 Å². The van der Waals surface area contributed by atoms with Crippen molar-refractivity contribution >= 4 is 6.09 Å². The Morgan fingerprint density at radius 3 is 2.84 bits per heavy atom. The fourth-order valence-corrected chi connectivity index (χ4v) is 2.34. The van der Waals surface area contributed by atoms with Gasteiger partial charge < -0.3 is 14.4 Å². The van der Waals surface area contributed by atoms with Crippen LogP contribution in [0, 0.1) is 0 Å². The monoisotopic (exact) mass is 263 g/mol. The van der Waals surface area contributed by atoms with E-state index in [-0.39, 0.29) is 18.2 Å². The average Bonchev–Trinajstić information content (AvgIpc) is 2.46. The lowest BCUT2D eigenvalue weighted by Gasteiger charge is -2.37. The molecule has 4 heteroatoms. The van der Waals surface area contributed by atoms with Crippen LogP contribution in [0.2, 0.25) is 0 Å². The van der Waals surface area contributed by atoms with Crippen molar-refractivity contribution in [3.05, 3.63) is 35.9 Å². The Morgan fingerprint density at radius 2 is 2.16 bits per heavy atom. The number of benzene rings is 1. The number of ether oxygens (including phenoxy) is 2. The Morgan fingerprint density at radius 1 is 1.42 bits per heavy atom. The highest BCUT2D eigenvalue weighted by molar-refractivity contribution is 5.68. The Kier molecular flexibility index (Phi) is 4.80. The summed E-state index contributed by atoms with van der Waals surface area (Å²) >= 11 is 0. The summed E-state index contributed by atoms with van der Waals surface area (Å²) in [5.74, 6) is 0. The van der Waals surface area contributed by atoms with Crippen LogP contribution >= 0.6 is 0 Å². The zero-order chi connectivity index (χ0) is 13.7. The molecular weight excluding hydrogens is 242 g/mol. The van der Waals surface area contributed by atoms with E-state index in [0.29, 0.717) is 13.2 Å². The normalized spacial score (nSPS) is 23.2. The standard InChI is InChI=1S/C15H21NO3/c1-12-11-19-14(10-16(12)15(17)18-2)9-8-13-6-4-3-5-7-13/h3-7,12,14H,8-11H2,1-2H3. The molecule has 0 N–H and O–H groups in total. The summed E-state index contributed by atoms with van der Waals surface area (Å²) in [5.41, 5.74) is 1.30. The topological polar surface area (TPSA) is 38.8 Å². The number of hydrogen-bond acceptors (Lipinski definition) is 3. The lowest BCUT2D eigenvalue weighted by molar-refractivity contribution is -0.0538. The average molecular weight is 263 g/mol. The summed E-state index contributed by atoms with van der Waals surface area (Å²) in [6.07, 6.45) is 1.72. The third-order valence-electron chi connectivity index (χ3n) is 3.51. The fourth-order valence-electron chi connectivity index (χ4n) is 2.34. The first kappa shape index (κ1) is 13.9. The van der Waals surface area contributed by atoms with E-state index in [0.717, 1.165) is 12.8 Å². The maximum Gasteiger partial charge on any atom is 0.409 e. The molecule has 104 valence electrons. The molecule has 1 aliphatic rings. The van der Waals surface area contributed by atoms with Gasteiger partial charge in [0.2, 0.25) is 0 Å². The smallest absolute Gasteiger partial charge is 0.409 e. The van der Waals surface area contributed by atoms with Gasteiger partial charge in [0.1, 0.15) is 0 Å². The van der Waals surface area contributed by atoms with Gasteiger partial charge in [-0.15, -0.1) is 0 Å². The van der Waals surface area contributed by atoms with Crippen LogP contribution in [0.15, 0.2) is 30.3 Å². The summed E-state index contributed by atoms with van der Waals surface area (Å²) in [5, 5.41) is 0. The Labute approximate surface area is 114 Å². The van der Waals surface area contributed by atoms with Gasteiger partial charge in [0.25, 0.3) is 0 Å². The van der Waals surface area contributed by atoms with Gasteiger partial charge in [-0.2, -0.15) is 0 Å². The Balaban J connectivity index is 1.86. The van der Waals surface area contributed by atoms with Crippen molar-refractivity contribution in [3.8, 4) is 0 Å². The molecule has 2 unspecified atom stereocenters. The predicted molar refractivity (Wildman–Crippen MR) is 73.1 cm³/mol. The van der Waals surface area contributed by atoms with Crippen molar-refractivity contribution in [3.63, 3.8) is 0 Å². The number of aryl methyl sites for hydroxylation is 1. The summed E-state index contributed by atoms with van der Waals surface area (Å²) in [6, 6.07) is 10.4. The number of carbonyl (C=O) groups is 1. The second kappa shape index (κ2) is 6.57. The van der Waals surface area contributed by atoms with Gasteiger partial charge in [0.15, 0.2) is 0 Å². The molecule has 1 heterocycles. The number of carbonyl (C=O) groups excluding carboxylic acids is 1. The Hall–Kier alpha value is -1.55. The molecule has 0 spiro atoms. The van der Waals surface area contributed by atoms with Gasteiger partial charge in [0, 0.05) is 0 Å². The van der Waals surface area contributed by atoms with E-state index in [9.17, 15) is 4.79 Å². The van der Waals surface area contributed by atoms with Gasteiger partial charge >= 0.3 is 6.09 Å². The molecule has 1 saturated heterocycles. The zero-order valence-electron chi connectivity index (χ0n) is 11.5. The number of nitrogens with zero attached hydrogens (tertiary/aromatic N) is 1. The van der Waals surface area contributed by atoms with Crippen molar-refractivity contribution in [1.82, 2.24) is 4.90 Å². The molecular formula is C15H21NO3. The minimum absolute atomic E-state index is 0.0837. The molecule has 2 rings (SSSR count). The van der Waals surface area contributed by atoms with Crippen molar-refractivity contribution < 1.29 is 14.3 Å². The maximum absolute atomic E-state index is 11.6. The largest absolute Gasteiger partial charge is 0.453 e. The van der Waals surface area contributed by atoms with Gasteiger partial charge in [-0.25, -0.2) is 4.79 Å². The maximum atomic E-state index is 11.6. The number of rotatable bonds is 3. The molecule has 0 aromatic heterocycles. The number of amides is 1. The summed E-state index contributed by atoms with van der Waals surface area (Å²) in [7, 11) is 1.42. The minimum atomic E-state index is -0.263. The van der Waals surface area contributed by atoms with Crippen LogP contribution in [0.1, 0.15) is 18.9 Å². The summed E-state index contributed by atoms with van der Waals surface area (Å²) < 4.78 is 10.6. The van der Waals surface area contributed by atoms with Crippen LogP contribution in [0.5, 0.6) is 0 Å². The van der Waals surface area contributed by atoms with Crippen LogP contribution in [-0.2, 0) is 15.9 Å². The van der Waals surface area contributed by atoms with Gasteiger partial charge in [-0.3, -0.25) is 0 Å². The first-order valence-corrected chi connectivity index (χ1v) is 6.71. The first-order valence-electron chi connectivity index (χ1n) is 6.71. The number of morpholine rings is 1. The van der Waals surface area contributed by atoms with Gasteiger partial charge in [-0.1, -0.05) is 30.3 Å². The van der Waals surface area contributed by atoms with E-state index >= 15 is 0 Å². The van der Waals surface area contributed by atoms with E-state index in [1.807, 2.05) is 25.1 Å². The van der Waals surface area contributed by atoms with Crippen molar-refractivity contribution in [2.24, 2.45) is 0 Å².